The normalized spacial score (nSPS) is 12.3. The molecule has 0 spiro atoms. The minimum Gasteiger partial charge on any atom is -0.476 e. The second-order valence-electron chi connectivity index (χ2n) is 12.1. The number of ether oxygens (including phenoxy) is 1. The van der Waals surface area contributed by atoms with Gasteiger partial charge >= 0.3 is 0 Å². The van der Waals surface area contributed by atoms with E-state index in [0.717, 1.165) is 62.2 Å². The average Bonchev–Trinajstić information content (AvgIpc) is 3.47. The Kier molecular flexibility index (Phi) is 14.8. The van der Waals surface area contributed by atoms with Gasteiger partial charge in [-0.2, -0.15) is 15.7 Å². The average molecular weight is 633 g/mol. The monoisotopic (exact) mass is 632 g/mol. The lowest BCUT2D eigenvalue weighted by Crippen LogP contribution is -2.26. The van der Waals surface area contributed by atoms with E-state index in [9.17, 15) is 5.26 Å². The maximum Gasteiger partial charge on any atom is 0.245 e. The predicted octanol–water partition coefficient (Wildman–Crippen LogP) is 10.9. The quantitative estimate of drug-likeness (QED) is 0.0756. The Hall–Kier alpha value is -3.48. The molecule has 1 heterocycles. The molecular weight excluding hydrogens is 581 g/mol. The number of hydrogen-bond donors (Lipinski definition) is 1. The third-order valence-electron chi connectivity index (χ3n) is 8.25. The Balaban J connectivity index is 2.04. The fourth-order valence-electron chi connectivity index (χ4n) is 4.85. The summed E-state index contributed by atoms with van der Waals surface area (Å²) in [5, 5.41) is 18.8. The van der Waals surface area contributed by atoms with E-state index in [1.807, 2.05) is 13.0 Å². The lowest BCUT2D eigenvalue weighted by molar-refractivity contribution is 0.195. The Morgan fingerprint density at radius 3 is 2.47 bits per heavy atom. The van der Waals surface area contributed by atoms with Crippen LogP contribution >= 0.6 is 11.3 Å². The van der Waals surface area contributed by atoms with Gasteiger partial charge in [-0.05, 0) is 66.8 Å². The van der Waals surface area contributed by atoms with Gasteiger partial charge in [0, 0.05) is 30.5 Å². The van der Waals surface area contributed by atoms with Gasteiger partial charge in [0.15, 0.2) is 10.6 Å². The number of nitriles is 1. The molecule has 0 aliphatic carbocycles. The van der Waals surface area contributed by atoms with Gasteiger partial charge in [0.05, 0.1) is 6.61 Å². The molecule has 0 aliphatic heterocycles. The smallest absolute Gasteiger partial charge is 0.245 e. The number of thiazole rings is 1. The van der Waals surface area contributed by atoms with Crippen LogP contribution in [0.4, 0.5) is 22.2 Å². The predicted molar refractivity (Wildman–Crippen MR) is 187 cm³/mol. The number of nitrogens with zero attached hydrogens (tertiary/aromatic N) is 5. The van der Waals surface area contributed by atoms with E-state index in [1.165, 1.54) is 30.5 Å². The summed E-state index contributed by atoms with van der Waals surface area (Å²) in [6.45, 7) is 17.7. The molecule has 244 valence electrons. The Morgan fingerprint density at radius 1 is 1.00 bits per heavy atom. The fourth-order valence-corrected chi connectivity index (χ4v) is 5.48. The summed E-state index contributed by atoms with van der Waals surface area (Å²) in [5.74, 6) is 1.45. The number of anilines is 2. The van der Waals surface area contributed by atoms with Gasteiger partial charge in [-0.1, -0.05) is 97.6 Å². The van der Waals surface area contributed by atoms with Crippen molar-refractivity contribution in [2.24, 2.45) is 16.1 Å². The van der Waals surface area contributed by atoms with Crippen molar-refractivity contribution in [3.8, 4) is 17.7 Å². The molecule has 3 aromatic rings. The van der Waals surface area contributed by atoms with E-state index < -0.39 is 0 Å². The molecule has 0 fully saturated rings. The molecule has 1 aromatic heterocycles. The number of benzene rings is 2. The van der Waals surface area contributed by atoms with Gasteiger partial charge in [0.2, 0.25) is 11.0 Å². The van der Waals surface area contributed by atoms with Gasteiger partial charge in [0.25, 0.3) is 0 Å². The molecule has 1 atom stereocenters. The molecule has 1 N–H and O–H groups in total. The first-order valence-corrected chi connectivity index (χ1v) is 17.5. The summed E-state index contributed by atoms with van der Waals surface area (Å²) >= 11 is 1.16. The molecule has 0 saturated carbocycles. The summed E-state index contributed by atoms with van der Waals surface area (Å²) in [4.78, 5) is 13.3. The maximum absolute atomic E-state index is 9.52. The Labute approximate surface area is 274 Å². The minimum atomic E-state index is 0.0818. The zero-order valence-corrected chi connectivity index (χ0v) is 29.2. The summed E-state index contributed by atoms with van der Waals surface area (Å²) in [5.41, 5.74) is 7.32. The number of hydroxylamine groups is 1. The highest BCUT2D eigenvalue weighted by Crippen LogP contribution is 2.39. The van der Waals surface area contributed by atoms with E-state index >= 15 is 0 Å². The number of rotatable bonds is 20. The van der Waals surface area contributed by atoms with Crippen LogP contribution < -0.4 is 20.0 Å². The van der Waals surface area contributed by atoms with E-state index in [4.69, 9.17) is 9.57 Å². The SMILES string of the molecule is CCCCNOc1cc(N(CC(CC)CCCC)c2cccc(C(C)(C)CC)c2)ccc1N=Nc1nc(OCCC)c(C#N)s1. The molecule has 2 aromatic carbocycles. The molecular formula is C36H52N6O2S. The molecule has 0 amide bonds. The molecule has 0 saturated heterocycles. The second kappa shape index (κ2) is 18.5. The van der Waals surface area contributed by atoms with E-state index in [-0.39, 0.29) is 5.41 Å². The van der Waals surface area contributed by atoms with Crippen LogP contribution in [-0.4, -0.2) is 24.7 Å². The lowest BCUT2D eigenvalue weighted by Gasteiger charge is -2.32. The molecule has 9 heteroatoms. The number of azo groups is 1. The molecule has 45 heavy (non-hydrogen) atoms. The van der Waals surface area contributed by atoms with E-state index in [2.05, 4.69) is 110 Å². The molecule has 0 aliphatic rings. The van der Waals surface area contributed by atoms with Crippen molar-refractivity contribution in [3.05, 3.63) is 52.9 Å². The summed E-state index contributed by atoms with van der Waals surface area (Å²) in [6, 6.07) is 17.2. The minimum absolute atomic E-state index is 0.0818. The van der Waals surface area contributed by atoms with E-state index in [1.54, 1.807) is 0 Å². The third kappa shape index (κ3) is 10.5. The van der Waals surface area contributed by atoms with Gasteiger partial charge in [-0.15, -0.1) is 10.2 Å². The summed E-state index contributed by atoms with van der Waals surface area (Å²) in [6.07, 6.45) is 8.67. The van der Waals surface area contributed by atoms with Crippen molar-refractivity contribution >= 4 is 33.5 Å². The highest BCUT2D eigenvalue weighted by molar-refractivity contribution is 7.16. The third-order valence-corrected chi connectivity index (χ3v) is 9.07. The first-order valence-electron chi connectivity index (χ1n) is 16.7. The first-order chi connectivity index (χ1) is 21.8. The van der Waals surface area contributed by atoms with Crippen molar-refractivity contribution in [2.45, 2.75) is 105 Å². The van der Waals surface area contributed by atoms with Crippen LogP contribution in [0.3, 0.4) is 0 Å². The van der Waals surface area contributed by atoms with Gasteiger partial charge in [-0.3, -0.25) is 0 Å². The first kappa shape index (κ1) is 36.0. The maximum atomic E-state index is 9.52. The highest BCUT2D eigenvalue weighted by Gasteiger charge is 2.22. The topological polar surface area (TPSA) is 95.1 Å². The van der Waals surface area contributed by atoms with Crippen molar-refractivity contribution in [1.29, 1.82) is 5.26 Å². The van der Waals surface area contributed by atoms with Crippen molar-refractivity contribution in [3.63, 3.8) is 0 Å². The number of unbranched alkanes of at least 4 members (excludes halogenated alkanes) is 2. The van der Waals surface area contributed by atoms with Crippen LogP contribution in [0, 0.1) is 17.2 Å². The molecule has 3 rings (SSSR count). The van der Waals surface area contributed by atoms with E-state index in [0.29, 0.717) is 39.9 Å². The zero-order valence-electron chi connectivity index (χ0n) is 28.4. The summed E-state index contributed by atoms with van der Waals surface area (Å²) < 4.78 is 5.63. The van der Waals surface area contributed by atoms with Crippen LogP contribution in [0.5, 0.6) is 11.6 Å². The fraction of sp³-hybridized carbons (Fsp3) is 0.556. The van der Waals surface area contributed by atoms with Gasteiger partial charge in [-0.25, -0.2) is 0 Å². The largest absolute Gasteiger partial charge is 0.476 e. The van der Waals surface area contributed by atoms with Gasteiger partial charge in [0.1, 0.15) is 11.8 Å². The summed E-state index contributed by atoms with van der Waals surface area (Å²) in [7, 11) is 0. The Morgan fingerprint density at radius 2 is 1.78 bits per heavy atom. The second-order valence-corrected chi connectivity index (χ2v) is 13.1. The van der Waals surface area contributed by atoms with Crippen molar-refractivity contribution in [2.75, 3.05) is 24.6 Å². The van der Waals surface area contributed by atoms with Crippen LogP contribution in [0.2, 0.25) is 0 Å². The number of aromatic nitrogens is 1. The van der Waals surface area contributed by atoms with Crippen LogP contribution in [0.25, 0.3) is 0 Å². The lowest BCUT2D eigenvalue weighted by atomic mass is 9.82. The molecule has 0 bridgehead atoms. The van der Waals surface area contributed by atoms with Gasteiger partial charge < -0.3 is 14.5 Å². The number of hydrogen-bond acceptors (Lipinski definition) is 9. The van der Waals surface area contributed by atoms with Crippen LogP contribution in [0.15, 0.2) is 52.7 Å². The molecule has 0 radical (unpaired) electrons. The zero-order chi connectivity index (χ0) is 32.7. The molecule has 8 nitrogen and oxygen atoms in total. The number of nitrogens with one attached hydrogen (secondary N) is 1. The van der Waals surface area contributed by atoms with Crippen LogP contribution in [0.1, 0.15) is 110 Å². The molecule has 1 unspecified atom stereocenters. The van der Waals surface area contributed by atoms with Crippen LogP contribution in [-0.2, 0) is 5.41 Å². The standard InChI is InChI=1S/C36H52N6O2S/c1-8-13-16-27(11-4)26-42(29-18-15-17-28(23-29)36(6,7)12-5)30-19-20-31(32(24-30)44-38-21-14-9-2)40-41-35-39-34(43-22-10-3)33(25-37)45-35/h15,17-20,23-24,27,38H,8-14,16,21-22,26H2,1-7H3. The van der Waals surface area contributed by atoms with Crippen molar-refractivity contribution in [1.82, 2.24) is 10.5 Å². The Bertz CT molecular complexity index is 1400. The highest BCUT2D eigenvalue weighted by atomic mass is 32.1. The van der Waals surface area contributed by atoms with Crippen molar-refractivity contribution < 1.29 is 9.57 Å².